The molecule has 18 heavy (non-hydrogen) atoms. The van der Waals surface area contributed by atoms with Gasteiger partial charge < -0.3 is 14.8 Å². The molecule has 0 aliphatic carbocycles. The second-order valence-corrected chi connectivity index (χ2v) is 4.24. The predicted octanol–water partition coefficient (Wildman–Crippen LogP) is 1.85. The van der Waals surface area contributed by atoms with Crippen LogP contribution in [0, 0.1) is 0 Å². The van der Waals surface area contributed by atoms with Crippen molar-refractivity contribution < 1.29 is 14.3 Å². The van der Waals surface area contributed by atoms with Gasteiger partial charge in [0.1, 0.15) is 11.4 Å². The number of ether oxygens (including phenoxy) is 2. The number of anilines is 1. The van der Waals surface area contributed by atoms with E-state index in [0.717, 1.165) is 13.0 Å². The fourth-order valence-corrected chi connectivity index (χ4v) is 1.99. The van der Waals surface area contributed by atoms with Crippen molar-refractivity contribution in [3.05, 3.63) is 23.9 Å². The number of rotatable bonds is 4. The van der Waals surface area contributed by atoms with Crippen molar-refractivity contribution in [2.24, 2.45) is 0 Å². The highest BCUT2D eigenvalue weighted by Crippen LogP contribution is 2.20. The smallest absolute Gasteiger partial charge is 0.341 e. The molecule has 0 bridgehead atoms. The summed E-state index contributed by atoms with van der Waals surface area (Å²) in [7, 11) is 0. The average molecular weight is 250 g/mol. The van der Waals surface area contributed by atoms with Gasteiger partial charge in [-0.2, -0.15) is 0 Å². The van der Waals surface area contributed by atoms with E-state index in [2.05, 4.69) is 10.3 Å². The highest BCUT2D eigenvalue weighted by Gasteiger charge is 2.26. The van der Waals surface area contributed by atoms with Gasteiger partial charge in [-0.3, -0.25) is 0 Å². The van der Waals surface area contributed by atoms with Crippen molar-refractivity contribution in [1.29, 1.82) is 0 Å². The molecule has 0 saturated carbocycles. The number of hydrogen-bond acceptors (Lipinski definition) is 5. The molecule has 0 spiro atoms. The lowest BCUT2D eigenvalue weighted by molar-refractivity contribution is 0.0527. The van der Waals surface area contributed by atoms with Crippen molar-refractivity contribution in [2.75, 3.05) is 18.5 Å². The van der Waals surface area contributed by atoms with Gasteiger partial charge in [0.05, 0.1) is 18.8 Å². The first kappa shape index (κ1) is 12.8. The second-order valence-electron chi connectivity index (χ2n) is 4.24. The highest BCUT2D eigenvalue weighted by atomic mass is 16.5. The quantitative estimate of drug-likeness (QED) is 0.826. The van der Waals surface area contributed by atoms with Gasteiger partial charge in [0.15, 0.2) is 0 Å². The standard InChI is InChI=1S/C13H18N2O3/c1-3-17-13(16)10-5-4-7-14-12(10)15-11-6-8-18-9(11)2/h4-5,7,9,11H,3,6,8H2,1-2H3,(H,14,15). The zero-order valence-electron chi connectivity index (χ0n) is 10.7. The summed E-state index contributed by atoms with van der Waals surface area (Å²) in [6, 6.07) is 3.63. The number of nitrogens with one attached hydrogen (secondary N) is 1. The van der Waals surface area contributed by atoms with Crippen LogP contribution in [0.3, 0.4) is 0 Å². The predicted molar refractivity (Wildman–Crippen MR) is 67.6 cm³/mol. The van der Waals surface area contributed by atoms with Crippen molar-refractivity contribution in [1.82, 2.24) is 4.98 Å². The molecule has 0 amide bonds. The summed E-state index contributed by atoms with van der Waals surface area (Å²) in [4.78, 5) is 16.0. The van der Waals surface area contributed by atoms with Crippen molar-refractivity contribution in [3.63, 3.8) is 0 Å². The summed E-state index contributed by atoms with van der Waals surface area (Å²) in [5.41, 5.74) is 0.471. The molecule has 98 valence electrons. The molecule has 2 unspecified atom stereocenters. The maximum Gasteiger partial charge on any atom is 0.341 e. The van der Waals surface area contributed by atoms with Crippen LogP contribution in [0.2, 0.25) is 0 Å². The Balaban J connectivity index is 2.14. The van der Waals surface area contributed by atoms with E-state index in [1.165, 1.54) is 0 Å². The van der Waals surface area contributed by atoms with Crippen LogP contribution in [-0.4, -0.2) is 36.3 Å². The Kier molecular flexibility index (Phi) is 4.15. The van der Waals surface area contributed by atoms with Crippen LogP contribution in [0.25, 0.3) is 0 Å². The van der Waals surface area contributed by atoms with Gasteiger partial charge in [0.25, 0.3) is 0 Å². The zero-order valence-corrected chi connectivity index (χ0v) is 10.7. The summed E-state index contributed by atoms with van der Waals surface area (Å²) in [5.74, 6) is 0.220. The molecule has 2 atom stereocenters. The van der Waals surface area contributed by atoms with Crippen LogP contribution in [-0.2, 0) is 9.47 Å². The zero-order chi connectivity index (χ0) is 13.0. The molecule has 1 N–H and O–H groups in total. The number of pyridine rings is 1. The van der Waals surface area contributed by atoms with Crippen LogP contribution in [0.1, 0.15) is 30.6 Å². The van der Waals surface area contributed by atoms with E-state index in [4.69, 9.17) is 9.47 Å². The number of esters is 1. The monoisotopic (exact) mass is 250 g/mol. The summed E-state index contributed by atoms with van der Waals surface area (Å²) in [6.07, 6.45) is 2.70. The van der Waals surface area contributed by atoms with Crippen molar-refractivity contribution in [2.45, 2.75) is 32.4 Å². The van der Waals surface area contributed by atoms with Crippen LogP contribution in [0.5, 0.6) is 0 Å². The van der Waals surface area contributed by atoms with Gasteiger partial charge in [0, 0.05) is 12.8 Å². The Morgan fingerprint density at radius 1 is 1.67 bits per heavy atom. The number of aromatic nitrogens is 1. The summed E-state index contributed by atoms with van der Waals surface area (Å²) in [5, 5.41) is 3.26. The second kappa shape index (κ2) is 5.82. The lowest BCUT2D eigenvalue weighted by Gasteiger charge is -2.18. The van der Waals surface area contributed by atoms with E-state index in [1.807, 2.05) is 6.92 Å². The Labute approximate surface area is 107 Å². The van der Waals surface area contributed by atoms with Crippen LogP contribution in [0.4, 0.5) is 5.82 Å². The van der Waals surface area contributed by atoms with Crippen LogP contribution < -0.4 is 5.32 Å². The first-order valence-corrected chi connectivity index (χ1v) is 6.22. The lowest BCUT2D eigenvalue weighted by atomic mass is 10.1. The Morgan fingerprint density at radius 2 is 2.50 bits per heavy atom. The van der Waals surface area contributed by atoms with E-state index in [0.29, 0.717) is 18.0 Å². The van der Waals surface area contributed by atoms with Gasteiger partial charge in [-0.15, -0.1) is 0 Å². The Hall–Kier alpha value is -1.62. The SMILES string of the molecule is CCOC(=O)c1cccnc1NC1CCOC1C. The fraction of sp³-hybridized carbons (Fsp3) is 0.538. The number of carbonyl (C=O) groups is 1. The lowest BCUT2D eigenvalue weighted by Crippen LogP contribution is -2.28. The maximum absolute atomic E-state index is 11.8. The molecule has 2 heterocycles. The van der Waals surface area contributed by atoms with Gasteiger partial charge in [0.2, 0.25) is 0 Å². The van der Waals surface area contributed by atoms with E-state index >= 15 is 0 Å². The molecular formula is C13H18N2O3. The Bertz CT molecular complexity index is 422. The highest BCUT2D eigenvalue weighted by molar-refractivity contribution is 5.94. The number of hydrogen-bond donors (Lipinski definition) is 1. The largest absolute Gasteiger partial charge is 0.462 e. The first-order chi connectivity index (χ1) is 8.72. The summed E-state index contributed by atoms with van der Waals surface area (Å²) < 4.78 is 10.5. The first-order valence-electron chi connectivity index (χ1n) is 6.22. The third-order valence-electron chi connectivity index (χ3n) is 3.00. The molecular weight excluding hydrogens is 232 g/mol. The number of nitrogens with zero attached hydrogens (tertiary/aromatic N) is 1. The van der Waals surface area contributed by atoms with Gasteiger partial charge in [-0.25, -0.2) is 9.78 Å². The molecule has 5 nitrogen and oxygen atoms in total. The third kappa shape index (κ3) is 2.79. The minimum absolute atomic E-state index is 0.127. The van der Waals surface area contributed by atoms with Crippen molar-refractivity contribution >= 4 is 11.8 Å². The number of carbonyl (C=O) groups excluding carboxylic acids is 1. The Morgan fingerprint density at radius 3 is 3.17 bits per heavy atom. The van der Waals surface area contributed by atoms with E-state index in [9.17, 15) is 4.79 Å². The average Bonchev–Trinajstić information content (AvgIpc) is 2.76. The van der Waals surface area contributed by atoms with E-state index < -0.39 is 0 Å². The fourth-order valence-electron chi connectivity index (χ4n) is 1.99. The summed E-state index contributed by atoms with van der Waals surface area (Å²) >= 11 is 0. The molecule has 1 aromatic heterocycles. The normalized spacial score (nSPS) is 22.8. The maximum atomic E-state index is 11.8. The topological polar surface area (TPSA) is 60.5 Å². The van der Waals surface area contributed by atoms with Crippen molar-refractivity contribution in [3.8, 4) is 0 Å². The molecule has 2 rings (SSSR count). The van der Waals surface area contributed by atoms with Gasteiger partial charge in [-0.05, 0) is 32.4 Å². The third-order valence-corrected chi connectivity index (χ3v) is 3.00. The van der Waals surface area contributed by atoms with Gasteiger partial charge >= 0.3 is 5.97 Å². The molecule has 0 radical (unpaired) electrons. The van der Waals surface area contributed by atoms with E-state index in [-0.39, 0.29) is 18.1 Å². The van der Waals surface area contributed by atoms with Crippen LogP contribution in [0.15, 0.2) is 18.3 Å². The molecule has 1 aromatic rings. The van der Waals surface area contributed by atoms with Crippen LogP contribution >= 0.6 is 0 Å². The van der Waals surface area contributed by atoms with Gasteiger partial charge in [-0.1, -0.05) is 0 Å². The molecule has 1 saturated heterocycles. The minimum Gasteiger partial charge on any atom is -0.462 e. The molecule has 1 fully saturated rings. The molecule has 1 aliphatic rings. The molecule has 1 aliphatic heterocycles. The summed E-state index contributed by atoms with van der Waals surface area (Å²) in [6.45, 7) is 4.89. The van der Waals surface area contributed by atoms with E-state index in [1.54, 1.807) is 25.3 Å². The minimum atomic E-state index is -0.348. The molecule has 5 heteroatoms. The molecule has 0 aromatic carbocycles.